The highest BCUT2D eigenvalue weighted by Crippen LogP contribution is 2.24. The molecule has 0 aromatic heterocycles. The molecule has 0 fully saturated rings. The first-order valence-electron chi connectivity index (χ1n) is 6.12. The summed E-state index contributed by atoms with van der Waals surface area (Å²) < 4.78 is 5.34. The summed E-state index contributed by atoms with van der Waals surface area (Å²) in [5, 5.41) is 8.69. The van der Waals surface area contributed by atoms with Crippen LogP contribution in [0.3, 0.4) is 0 Å². The molecule has 0 heterocycles. The molecule has 2 rings (SSSR count). The Morgan fingerprint density at radius 2 is 1.56 bits per heavy atom. The molecule has 0 aliphatic rings. The lowest BCUT2D eigenvalue weighted by molar-refractivity contribution is 0.201. The summed E-state index contributed by atoms with van der Waals surface area (Å²) in [6, 6.07) is 14.4. The second-order valence-electron chi connectivity index (χ2n) is 4.40. The zero-order valence-electron chi connectivity index (χ0n) is 10.8. The molecule has 2 heteroatoms. The Kier molecular flexibility index (Phi) is 4.00. The van der Waals surface area contributed by atoms with Gasteiger partial charge in [0.25, 0.3) is 0 Å². The van der Waals surface area contributed by atoms with Crippen molar-refractivity contribution in [3.63, 3.8) is 0 Å². The van der Waals surface area contributed by atoms with Crippen molar-refractivity contribution >= 4 is 0 Å². The van der Waals surface area contributed by atoms with Gasteiger partial charge >= 0.3 is 0 Å². The minimum Gasteiger partial charge on any atom is -0.491 e. The smallest absolute Gasteiger partial charge is 0.119 e. The van der Waals surface area contributed by atoms with Gasteiger partial charge in [-0.15, -0.1) is 0 Å². The molecule has 0 saturated heterocycles. The third kappa shape index (κ3) is 2.90. The zero-order chi connectivity index (χ0) is 13.0. The van der Waals surface area contributed by atoms with Crippen molar-refractivity contribution in [2.24, 2.45) is 0 Å². The minimum atomic E-state index is 0.0406. The molecule has 0 bridgehead atoms. The standard InChI is InChI=1S/C16H18O2/c1-12-3-4-15(11-13(12)2)14-5-7-16(8-6-14)18-10-9-17/h3-8,11,17H,9-10H2,1-2H3. The van der Waals surface area contributed by atoms with Crippen molar-refractivity contribution in [1.82, 2.24) is 0 Å². The third-order valence-corrected chi connectivity index (χ3v) is 3.05. The Hall–Kier alpha value is -1.80. The fourth-order valence-electron chi connectivity index (χ4n) is 1.83. The molecule has 0 amide bonds. The molecule has 1 N–H and O–H groups in total. The molecule has 2 aromatic rings. The number of aliphatic hydroxyl groups excluding tert-OH is 1. The summed E-state index contributed by atoms with van der Waals surface area (Å²) >= 11 is 0. The maximum Gasteiger partial charge on any atom is 0.119 e. The van der Waals surface area contributed by atoms with Gasteiger partial charge in [0.05, 0.1) is 6.61 Å². The van der Waals surface area contributed by atoms with E-state index in [2.05, 4.69) is 32.0 Å². The van der Waals surface area contributed by atoms with Crippen LogP contribution in [-0.4, -0.2) is 18.3 Å². The molecule has 0 saturated carbocycles. The van der Waals surface area contributed by atoms with Crippen LogP contribution in [-0.2, 0) is 0 Å². The van der Waals surface area contributed by atoms with Crippen LogP contribution in [0.2, 0.25) is 0 Å². The fraction of sp³-hybridized carbons (Fsp3) is 0.250. The second kappa shape index (κ2) is 5.69. The van der Waals surface area contributed by atoms with Gasteiger partial charge in [0.1, 0.15) is 12.4 Å². The van der Waals surface area contributed by atoms with Gasteiger partial charge in [0, 0.05) is 0 Å². The van der Waals surface area contributed by atoms with Crippen LogP contribution in [0.1, 0.15) is 11.1 Å². The summed E-state index contributed by atoms with van der Waals surface area (Å²) in [5.41, 5.74) is 5.00. The van der Waals surface area contributed by atoms with Crippen LogP contribution >= 0.6 is 0 Å². The summed E-state index contributed by atoms with van der Waals surface area (Å²) in [7, 11) is 0. The SMILES string of the molecule is Cc1ccc(-c2ccc(OCCO)cc2)cc1C. The van der Waals surface area contributed by atoms with E-state index in [1.165, 1.54) is 22.3 Å². The first-order valence-corrected chi connectivity index (χ1v) is 6.12. The van der Waals surface area contributed by atoms with Gasteiger partial charge in [-0.2, -0.15) is 0 Å². The number of benzene rings is 2. The highest BCUT2D eigenvalue weighted by Gasteiger charge is 2.00. The molecule has 18 heavy (non-hydrogen) atoms. The van der Waals surface area contributed by atoms with E-state index in [4.69, 9.17) is 9.84 Å². The number of hydrogen-bond acceptors (Lipinski definition) is 2. The van der Waals surface area contributed by atoms with Crippen molar-refractivity contribution in [3.05, 3.63) is 53.6 Å². The Morgan fingerprint density at radius 1 is 0.889 bits per heavy atom. The summed E-state index contributed by atoms with van der Waals surface area (Å²) in [4.78, 5) is 0. The van der Waals surface area contributed by atoms with Crippen molar-refractivity contribution in [3.8, 4) is 16.9 Å². The predicted octanol–water partition coefficient (Wildman–Crippen LogP) is 3.34. The maximum atomic E-state index is 8.69. The molecule has 0 aliphatic heterocycles. The Morgan fingerprint density at radius 3 is 2.17 bits per heavy atom. The van der Waals surface area contributed by atoms with E-state index < -0.39 is 0 Å². The number of aryl methyl sites for hydroxylation is 2. The molecule has 0 aliphatic carbocycles. The van der Waals surface area contributed by atoms with Gasteiger partial charge in [-0.05, 0) is 48.2 Å². The molecule has 0 radical (unpaired) electrons. The first-order chi connectivity index (χ1) is 8.70. The van der Waals surface area contributed by atoms with Gasteiger partial charge in [0.2, 0.25) is 0 Å². The third-order valence-electron chi connectivity index (χ3n) is 3.05. The largest absolute Gasteiger partial charge is 0.491 e. The van der Waals surface area contributed by atoms with Crippen molar-refractivity contribution < 1.29 is 9.84 Å². The average Bonchev–Trinajstić information content (AvgIpc) is 2.40. The highest BCUT2D eigenvalue weighted by molar-refractivity contribution is 5.65. The monoisotopic (exact) mass is 242 g/mol. The first kappa shape index (κ1) is 12.7. The lowest BCUT2D eigenvalue weighted by atomic mass is 10.0. The second-order valence-corrected chi connectivity index (χ2v) is 4.40. The van der Waals surface area contributed by atoms with Crippen LogP contribution in [0.15, 0.2) is 42.5 Å². The van der Waals surface area contributed by atoms with E-state index >= 15 is 0 Å². The highest BCUT2D eigenvalue weighted by atomic mass is 16.5. The van der Waals surface area contributed by atoms with Crippen LogP contribution in [0.4, 0.5) is 0 Å². The van der Waals surface area contributed by atoms with Gasteiger partial charge < -0.3 is 9.84 Å². The number of ether oxygens (including phenoxy) is 1. The fourth-order valence-corrected chi connectivity index (χ4v) is 1.83. The quantitative estimate of drug-likeness (QED) is 0.891. The molecular weight excluding hydrogens is 224 g/mol. The minimum absolute atomic E-state index is 0.0406. The van der Waals surface area contributed by atoms with Crippen LogP contribution in [0.25, 0.3) is 11.1 Å². The van der Waals surface area contributed by atoms with Crippen molar-refractivity contribution in [2.45, 2.75) is 13.8 Å². The van der Waals surface area contributed by atoms with Gasteiger partial charge in [-0.25, -0.2) is 0 Å². The summed E-state index contributed by atoms with van der Waals surface area (Å²) in [6.07, 6.45) is 0. The molecule has 0 unspecified atom stereocenters. The van der Waals surface area contributed by atoms with E-state index in [0.717, 1.165) is 5.75 Å². The van der Waals surface area contributed by atoms with E-state index in [1.54, 1.807) is 0 Å². The molecule has 94 valence electrons. The molecule has 0 spiro atoms. The van der Waals surface area contributed by atoms with Crippen molar-refractivity contribution in [1.29, 1.82) is 0 Å². The lowest BCUT2D eigenvalue weighted by Crippen LogP contribution is -2.01. The number of aliphatic hydroxyl groups is 1. The molecule has 2 aromatic carbocycles. The van der Waals surface area contributed by atoms with E-state index in [-0.39, 0.29) is 6.61 Å². The molecule has 2 nitrogen and oxygen atoms in total. The Labute approximate surface area is 108 Å². The lowest BCUT2D eigenvalue weighted by Gasteiger charge is -2.07. The van der Waals surface area contributed by atoms with Gasteiger partial charge in [-0.3, -0.25) is 0 Å². The normalized spacial score (nSPS) is 10.4. The number of rotatable bonds is 4. The average molecular weight is 242 g/mol. The zero-order valence-corrected chi connectivity index (χ0v) is 10.8. The van der Waals surface area contributed by atoms with Crippen LogP contribution < -0.4 is 4.74 Å². The predicted molar refractivity (Wildman–Crippen MR) is 73.9 cm³/mol. The topological polar surface area (TPSA) is 29.5 Å². The van der Waals surface area contributed by atoms with E-state index in [1.807, 2.05) is 24.3 Å². The van der Waals surface area contributed by atoms with Gasteiger partial charge in [-0.1, -0.05) is 30.3 Å². The Bertz CT molecular complexity index is 515. The van der Waals surface area contributed by atoms with E-state index in [0.29, 0.717) is 6.61 Å². The van der Waals surface area contributed by atoms with E-state index in [9.17, 15) is 0 Å². The number of hydrogen-bond donors (Lipinski definition) is 1. The summed E-state index contributed by atoms with van der Waals surface area (Å²) in [5.74, 6) is 0.789. The van der Waals surface area contributed by atoms with Crippen LogP contribution in [0, 0.1) is 13.8 Å². The molecule has 0 atom stereocenters. The van der Waals surface area contributed by atoms with Crippen LogP contribution in [0.5, 0.6) is 5.75 Å². The maximum absolute atomic E-state index is 8.69. The molecular formula is C16H18O2. The van der Waals surface area contributed by atoms with Gasteiger partial charge in [0.15, 0.2) is 0 Å². The van der Waals surface area contributed by atoms with Crippen molar-refractivity contribution in [2.75, 3.05) is 13.2 Å². The Balaban J connectivity index is 2.20. The summed E-state index contributed by atoms with van der Waals surface area (Å²) in [6.45, 7) is 4.62.